The number of hydrogen-bond donors (Lipinski definition) is 2. The van der Waals surface area contributed by atoms with E-state index in [9.17, 15) is 8.42 Å². The van der Waals surface area contributed by atoms with Crippen LogP contribution in [0, 0.1) is 0 Å². The van der Waals surface area contributed by atoms with Gasteiger partial charge in [0.1, 0.15) is 0 Å². The number of aliphatic imine (C=N–C) groups is 1. The summed E-state index contributed by atoms with van der Waals surface area (Å²) in [6, 6.07) is 7.23. The molecule has 0 radical (unpaired) electrons. The lowest BCUT2D eigenvalue weighted by molar-refractivity contribution is 0.487. The van der Waals surface area contributed by atoms with Crippen LogP contribution < -0.4 is 10.5 Å². The van der Waals surface area contributed by atoms with Gasteiger partial charge in [0.25, 0.3) is 0 Å². The van der Waals surface area contributed by atoms with Crippen LogP contribution >= 0.6 is 24.0 Å². The van der Waals surface area contributed by atoms with Crippen molar-refractivity contribution in [2.75, 3.05) is 13.6 Å². The summed E-state index contributed by atoms with van der Waals surface area (Å²) in [6.07, 6.45) is 2.34. The number of guanidine groups is 1. The zero-order chi connectivity index (χ0) is 15.5. The molecule has 1 fully saturated rings. The monoisotopic (exact) mass is 438 g/mol. The fraction of sp³-hybridized carbons (Fsp3) is 0.500. The molecule has 0 heterocycles. The van der Waals surface area contributed by atoms with Crippen molar-refractivity contribution in [1.82, 2.24) is 9.62 Å². The summed E-state index contributed by atoms with van der Waals surface area (Å²) in [7, 11) is -1.45. The summed E-state index contributed by atoms with van der Waals surface area (Å²) < 4.78 is 26.1. The number of nitrogens with one attached hydrogen (secondary N) is 1. The summed E-state index contributed by atoms with van der Waals surface area (Å²) in [5.41, 5.74) is 6.84. The van der Waals surface area contributed by atoms with Crippen LogP contribution in [0.5, 0.6) is 0 Å². The molecule has 3 N–H and O–H groups in total. The van der Waals surface area contributed by atoms with E-state index in [1.54, 1.807) is 31.2 Å². The van der Waals surface area contributed by atoms with E-state index < -0.39 is 10.0 Å². The maximum absolute atomic E-state index is 11.8. The second-order valence-corrected chi connectivity index (χ2v) is 6.93. The van der Waals surface area contributed by atoms with E-state index in [1.807, 2.05) is 11.9 Å². The molecule has 0 aliphatic heterocycles. The lowest BCUT2D eigenvalue weighted by Crippen LogP contribution is -2.35. The first-order chi connectivity index (χ1) is 9.94. The average molecular weight is 438 g/mol. The number of rotatable bonds is 6. The van der Waals surface area contributed by atoms with Crippen molar-refractivity contribution in [3.63, 3.8) is 0 Å². The normalized spacial score (nSPS) is 15.3. The Bertz CT molecular complexity index is 612. The van der Waals surface area contributed by atoms with Gasteiger partial charge in [-0.3, -0.25) is 0 Å². The highest BCUT2D eigenvalue weighted by atomic mass is 127. The van der Waals surface area contributed by atoms with Crippen molar-refractivity contribution in [1.29, 1.82) is 0 Å². The third-order valence-electron chi connectivity index (χ3n) is 3.45. The highest BCUT2D eigenvalue weighted by molar-refractivity contribution is 14.0. The zero-order valence-electron chi connectivity index (χ0n) is 12.8. The van der Waals surface area contributed by atoms with Gasteiger partial charge in [0, 0.05) is 19.6 Å². The summed E-state index contributed by atoms with van der Waals surface area (Å²) in [4.78, 5) is 6.59. The molecule has 0 bridgehead atoms. The predicted octanol–water partition coefficient (Wildman–Crippen LogP) is 1.51. The molecule has 0 unspecified atom stereocenters. The van der Waals surface area contributed by atoms with Crippen LogP contribution in [0.2, 0.25) is 0 Å². The number of hydrogen-bond acceptors (Lipinski definition) is 3. The molecule has 0 saturated heterocycles. The zero-order valence-corrected chi connectivity index (χ0v) is 16.0. The summed E-state index contributed by atoms with van der Waals surface area (Å²) in [6.45, 7) is 2.57. The maximum Gasteiger partial charge on any atom is 0.240 e. The van der Waals surface area contributed by atoms with Gasteiger partial charge in [-0.1, -0.05) is 19.1 Å². The number of halogens is 1. The molecule has 1 aliphatic rings. The Morgan fingerprint density at radius 2 is 1.95 bits per heavy atom. The van der Waals surface area contributed by atoms with Crippen LogP contribution in [-0.4, -0.2) is 38.9 Å². The molecule has 6 nitrogen and oxygen atoms in total. The summed E-state index contributed by atoms with van der Waals surface area (Å²) >= 11 is 0. The van der Waals surface area contributed by atoms with Gasteiger partial charge < -0.3 is 10.6 Å². The fourth-order valence-corrected chi connectivity index (χ4v) is 3.02. The van der Waals surface area contributed by atoms with Crippen LogP contribution in [0.25, 0.3) is 0 Å². The molecule has 1 aliphatic carbocycles. The minimum absolute atomic E-state index is 0. The average Bonchev–Trinajstić information content (AvgIpc) is 3.29. The Kier molecular flexibility index (Phi) is 7.07. The minimum atomic E-state index is -3.39. The molecule has 0 aromatic heterocycles. The second kappa shape index (κ2) is 8.11. The Labute approximate surface area is 149 Å². The Balaban J connectivity index is 0.00000242. The van der Waals surface area contributed by atoms with E-state index in [2.05, 4.69) is 9.71 Å². The van der Waals surface area contributed by atoms with Crippen molar-refractivity contribution < 1.29 is 8.42 Å². The first kappa shape index (κ1) is 19.2. The Morgan fingerprint density at radius 3 is 2.45 bits per heavy atom. The van der Waals surface area contributed by atoms with Crippen molar-refractivity contribution >= 4 is 40.0 Å². The van der Waals surface area contributed by atoms with Crippen molar-refractivity contribution in [2.24, 2.45) is 10.7 Å². The third-order valence-corrected chi connectivity index (χ3v) is 5.01. The van der Waals surface area contributed by atoms with Gasteiger partial charge in [0.15, 0.2) is 5.96 Å². The van der Waals surface area contributed by atoms with Crippen LogP contribution in [0.1, 0.15) is 25.3 Å². The van der Waals surface area contributed by atoms with Gasteiger partial charge >= 0.3 is 0 Å². The van der Waals surface area contributed by atoms with Gasteiger partial charge in [-0.2, -0.15) is 0 Å². The lowest BCUT2D eigenvalue weighted by atomic mass is 10.2. The highest BCUT2D eigenvalue weighted by Gasteiger charge is 2.27. The molecule has 2 rings (SSSR count). The van der Waals surface area contributed by atoms with Crippen LogP contribution in [-0.2, 0) is 16.6 Å². The van der Waals surface area contributed by atoms with E-state index in [-0.39, 0.29) is 28.9 Å². The first-order valence-corrected chi connectivity index (χ1v) is 8.53. The SMILES string of the molecule is CCNS(=O)(=O)c1ccc(CN=C(N)N(C)C2CC2)cc1.I. The summed E-state index contributed by atoms with van der Waals surface area (Å²) in [5.74, 6) is 0.529. The quantitative estimate of drug-likeness (QED) is 0.401. The van der Waals surface area contributed by atoms with Crippen molar-refractivity contribution in [2.45, 2.75) is 37.2 Å². The van der Waals surface area contributed by atoms with E-state index >= 15 is 0 Å². The largest absolute Gasteiger partial charge is 0.370 e. The smallest absolute Gasteiger partial charge is 0.240 e. The van der Waals surface area contributed by atoms with Gasteiger partial charge in [-0.05, 0) is 30.5 Å². The molecule has 0 atom stereocenters. The molecule has 8 heteroatoms. The van der Waals surface area contributed by atoms with E-state index in [1.165, 1.54) is 12.8 Å². The molecule has 0 spiro atoms. The molecule has 1 aromatic rings. The Morgan fingerprint density at radius 1 is 1.36 bits per heavy atom. The lowest BCUT2D eigenvalue weighted by Gasteiger charge is -2.16. The standard InChI is InChI=1S/C14H22N4O2S.HI/c1-3-17-21(19,20)13-8-4-11(5-9-13)10-16-14(15)18(2)12-6-7-12;/h4-5,8-9,12,17H,3,6-7,10H2,1-2H3,(H2,15,16);1H. The van der Waals surface area contributed by atoms with E-state index in [4.69, 9.17) is 5.73 Å². The van der Waals surface area contributed by atoms with Gasteiger partial charge in [-0.15, -0.1) is 24.0 Å². The number of nitrogens with zero attached hydrogens (tertiary/aromatic N) is 2. The molecular weight excluding hydrogens is 415 g/mol. The molecule has 1 saturated carbocycles. The minimum Gasteiger partial charge on any atom is -0.370 e. The van der Waals surface area contributed by atoms with Crippen LogP contribution in [0.15, 0.2) is 34.2 Å². The topological polar surface area (TPSA) is 87.8 Å². The third kappa shape index (κ3) is 5.10. The van der Waals surface area contributed by atoms with Crippen LogP contribution in [0.3, 0.4) is 0 Å². The fourth-order valence-electron chi connectivity index (χ4n) is 1.98. The van der Waals surface area contributed by atoms with Crippen molar-refractivity contribution in [3.05, 3.63) is 29.8 Å². The molecule has 124 valence electrons. The molecule has 22 heavy (non-hydrogen) atoms. The van der Waals surface area contributed by atoms with Gasteiger partial charge in [0.2, 0.25) is 10.0 Å². The van der Waals surface area contributed by atoms with Crippen LogP contribution in [0.4, 0.5) is 0 Å². The molecular formula is C14H23IN4O2S. The number of benzene rings is 1. The predicted molar refractivity (Wildman–Crippen MR) is 98.8 cm³/mol. The first-order valence-electron chi connectivity index (χ1n) is 7.05. The van der Waals surface area contributed by atoms with Gasteiger partial charge in [0.05, 0.1) is 11.4 Å². The summed E-state index contributed by atoms with van der Waals surface area (Å²) in [5, 5.41) is 0. The number of nitrogens with two attached hydrogens (primary N) is 1. The molecule has 1 aromatic carbocycles. The highest BCUT2D eigenvalue weighted by Crippen LogP contribution is 2.24. The maximum atomic E-state index is 11.8. The van der Waals surface area contributed by atoms with E-state index in [0.717, 1.165) is 5.56 Å². The van der Waals surface area contributed by atoms with Crippen molar-refractivity contribution in [3.8, 4) is 0 Å². The van der Waals surface area contributed by atoms with Gasteiger partial charge in [-0.25, -0.2) is 18.1 Å². The van der Waals surface area contributed by atoms with E-state index in [0.29, 0.717) is 25.1 Å². The molecule has 0 amide bonds. The Hall–Kier alpha value is -0.870. The number of sulfonamides is 1. The second-order valence-electron chi connectivity index (χ2n) is 5.16.